The van der Waals surface area contributed by atoms with Crippen LogP contribution in [0.5, 0.6) is 5.75 Å². The van der Waals surface area contributed by atoms with Crippen molar-refractivity contribution in [1.82, 2.24) is 0 Å². The van der Waals surface area contributed by atoms with Crippen molar-refractivity contribution in [3.63, 3.8) is 0 Å². The monoisotopic (exact) mass is 488 g/mol. The van der Waals surface area contributed by atoms with Gasteiger partial charge >= 0.3 is 5.97 Å². The van der Waals surface area contributed by atoms with Crippen LogP contribution in [-0.4, -0.2) is 17.7 Å². The molecule has 0 saturated carbocycles. The van der Waals surface area contributed by atoms with Crippen LogP contribution in [0, 0.1) is 6.92 Å². The van der Waals surface area contributed by atoms with Crippen molar-refractivity contribution < 1.29 is 14.6 Å². The molecule has 0 heterocycles. The van der Waals surface area contributed by atoms with E-state index in [4.69, 9.17) is 4.74 Å². The van der Waals surface area contributed by atoms with Gasteiger partial charge in [0.1, 0.15) is 5.75 Å². The van der Waals surface area contributed by atoms with E-state index in [0.29, 0.717) is 18.8 Å². The minimum atomic E-state index is -0.0927. The first-order valence-corrected chi connectivity index (χ1v) is 14.7. The summed E-state index contributed by atoms with van der Waals surface area (Å²) in [7, 11) is 0. The van der Waals surface area contributed by atoms with Gasteiger partial charge in [-0.1, -0.05) is 135 Å². The van der Waals surface area contributed by atoms with Crippen LogP contribution in [0.4, 0.5) is 0 Å². The zero-order valence-corrected chi connectivity index (χ0v) is 23.9. The molecule has 1 aromatic carbocycles. The van der Waals surface area contributed by atoms with Crippen LogP contribution >= 0.6 is 0 Å². The van der Waals surface area contributed by atoms with E-state index in [2.05, 4.69) is 40.7 Å². The first kappa shape index (κ1) is 31.5. The molecular weight excluding hydrogens is 432 g/mol. The Hall–Kier alpha value is -1.51. The van der Waals surface area contributed by atoms with E-state index in [1.165, 1.54) is 83.5 Å². The van der Waals surface area contributed by atoms with E-state index in [0.717, 1.165) is 42.4 Å². The fourth-order valence-electron chi connectivity index (χ4n) is 4.78. The van der Waals surface area contributed by atoms with Crippen LogP contribution in [0.1, 0.15) is 154 Å². The Kier molecular flexibility index (Phi) is 16.9. The third-order valence-electron chi connectivity index (χ3n) is 6.98. The molecule has 0 aliphatic carbocycles. The number of carbonyl (C=O) groups is 1. The molecule has 0 bridgehead atoms. The van der Waals surface area contributed by atoms with Gasteiger partial charge in [0.25, 0.3) is 0 Å². The van der Waals surface area contributed by atoms with Crippen molar-refractivity contribution in [2.45, 2.75) is 156 Å². The molecule has 0 unspecified atom stereocenters. The Morgan fingerprint density at radius 3 is 1.74 bits per heavy atom. The van der Waals surface area contributed by atoms with Crippen molar-refractivity contribution in [3.05, 3.63) is 28.8 Å². The number of esters is 1. The molecule has 0 saturated heterocycles. The summed E-state index contributed by atoms with van der Waals surface area (Å²) < 4.78 is 5.43. The molecule has 3 heteroatoms. The lowest BCUT2D eigenvalue weighted by Crippen LogP contribution is -2.13. The minimum Gasteiger partial charge on any atom is -0.507 e. The van der Waals surface area contributed by atoms with Crippen molar-refractivity contribution in [1.29, 1.82) is 0 Å². The zero-order valence-electron chi connectivity index (χ0n) is 23.9. The Morgan fingerprint density at radius 1 is 0.771 bits per heavy atom. The number of phenols is 1. The summed E-state index contributed by atoms with van der Waals surface area (Å²) in [4.78, 5) is 12.0. The van der Waals surface area contributed by atoms with Gasteiger partial charge in [-0.3, -0.25) is 4.79 Å². The predicted molar refractivity (Wildman–Crippen MR) is 150 cm³/mol. The van der Waals surface area contributed by atoms with E-state index in [1.54, 1.807) is 0 Å². The number of rotatable bonds is 20. The molecule has 0 radical (unpaired) electrons. The van der Waals surface area contributed by atoms with Crippen molar-refractivity contribution in [2.75, 3.05) is 6.61 Å². The quantitative estimate of drug-likeness (QED) is 0.147. The number of hydrogen-bond donors (Lipinski definition) is 1. The summed E-state index contributed by atoms with van der Waals surface area (Å²) in [5.74, 6) is 0.316. The van der Waals surface area contributed by atoms with Gasteiger partial charge in [-0.25, -0.2) is 0 Å². The molecule has 0 fully saturated rings. The lowest BCUT2D eigenvalue weighted by molar-refractivity contribution is -0.143. The highest BCUT2D eigenvalue weighted by Crippen LogP contribution is 2.34. The van der Waals surface area contributed by atoms with E-state index in [1.807, 2.05) is 6.07 Å². The third-order valence-corrected chi connectivity index (χ3v) is 6.98. The summed E-state index contributed by atoms with van der Waals surface area (Å²) in [6.07, 6.45) is 21.9. The van der Waals surface area contributed by atoms with Gasteiger partial charge in [0.05, 0.1) is 6.61 Å². The summed E-state index contributed by atoms with van der Waals surface area (Å²) in [5, 5.41) is 10.7. The summed E-state index contributed by atoms with van der Waals surface area (Å²) in [5.41, 5.74) is 3.00. The van der Waals surface area contributed by atoms with Crippen molar-refractivity contribution in [3.8, 4) is 5.75 Å². The number of ether oxygens (including phenoxy) is 1. The summed E-state index contributed by atoms with van der Waals surface area (Å²) in [6.45, 7) is 11.1. The standard InChI is InChI=1S/C32H56O3/c1-6-7-8-9-10-11-12-13-14-15-16-17-18-19-20-23-30(33)35-24-21-22-28-25-27(2)26-29(31(28)34)32(3,4)5/h25-26,34H,6-24H2,1-5H3. The fraction of sp³-hybridized carbons (Fsp3) is 0.781. The maximum Gasteiger partial charge on any atom is 0.305 e. The highest BCUT2D eigenvalue weighted by atomic mass is 16.5. The normalized spacial score (nSPS) is 11.7. The molecule has 1 aromatic rings. The van der Waals surface area contributed by atoms with Gasteiger partial charge in [-0.05, 0) is 42.7 Å². The number of aryl methyl sites for hydroxylation is 2. The van der Waals surface area contributed by atoms with Gasteiger partial charge in [-0.2, -0.15) is 0 Å². The van der Waals surface area contributed by atoms with Gasteiger partial charge in [0.15, 0.2) is 0 Å². The highest BCUT2D eigenvalue weighted by molar-refractivity contribution is 5.69. The van der Waals surface area contributed by atoms with Gasteiger partial charge in [0, 0.05) is 6.42 Å². The molecule has 3 nitrogen and oxygen atoms in total. The van der Waals surface area contributed by atoms with Crippen molar-refractivity contribution in [2.24, 2.45) is 0 Å². The lowest BCUT2D eigenvalue weighted by atomic mass is 9.83. The fourth-order valence-corrected chi connectivity index (χ4v) is 4.78. The Balaban J connectivity index is 1.99. The molecule has 0 atom stereocenters. The Labute approximate surface area is 217 Å². The Bertz CT molecular complexity index is 687. The lowest BCUT2D eigenvalue weighted by Gasteiger charge is -2.23. The Morgan fingerprint density at radius 2 is 1.26 bits per heavy atom. The number of benzene rings is 1. The first-order valence-electron chi connectivity index (χ1n) is 14.7. The molecule has 1 rings (SSSR count). The number of phenolic OH excluding ortho intramolecular Hbond substituents is 1. The molecule has 202 valence electrons. The maximum absolute atomic E-state index is 12.0. The second-order valence-electron chi connectivity index (χ2n) is 11.6. The first-order chi connectivity index (χ1) is 16.8. The second-order valence-corrected chi connectivity index (χ2v) is 11.6. The second kappa shape index (κ2) is 18.7. The summed E-state index contributed by atoms with van der Waals surface area (Å²) in [6, 6.07) is 4.11. The highest BCUT2D eigenvalue weighted by Gasteiger charge is 2.20. The molecule has 0 amide bonds. The van der Waals surface area contributed by atoms with Crippen molar-refractivity contribution >= 4 is 5.97 Å². The van der Waals surface area contributed by atoms with E-state index >= 15 is 0 Å². The minimum absolute atomic E-state index is 0.0801. The van der Waals surface area contributed by atoms with E-state index in [-0.39, 0.29) is 11.4 Å². The molecular formula is C32H56O3. The molecule has 0 spiro atoms. The number of unbranched alkanes of at least 4 members (excludes halogenated alkanes) is 14. The largest absolute Gasteiger partial charge is 0.507 e. The van der Waals surface area contributed by atoms with Crippen LogP contribution in [0.25, 0.3) is 0 Å². The smallest absolute Gasteiger partial charge is 0.305 e. The molecule has 0 aliphatic heterocycles. The number of carbonyl (C=O) groups excluding carboxylic acids is 1. The zero-order chi connectivity index (χ0) is 25.9. The van der Waals surface area contributed by atoms with Crippen LogP contribution < -0.4 is 0 Å². The van der Waals surface area contributed by atoms with Gasteiger partial charge < -0.3 is 9.84 Å². The topological polar surface area (TPSA) is 46.5 Å². The summed E-state index contributed by atoms with van der Waals surface area (Å²) >= 11 is 0. The average Bonchev–Trinajstić information content (AvgIpc) is 2.80. The molecule has 0 aromatic heterocycles. The maximum atomic E-state index is 12.0. The SMILES string of the molecule is CCCCCCCCCCCCCCCCCC(=O)OCCCc1cc(C)cc(C(C)(C)C)c1O. The number of aromatic hydroxyl groups is 1. The van der Waals surface area contributed by atoms with Crippen LogP contribution in [0.3, 0.4) is 0 Å². The molecule has 0 aliphatic rings. The van der Waals surface area contributed by atoms with E-state index in [9.17, 15) is 9.90 Å². The third kappa shape index (κ3) is 15.3. The number of hydrogen-bond acceptors (Lipinski definition) is 3. The van der Waals surface area contributed by atoms with Gasteiger partial charge in [0.2, 0.25) is 0 Å². The predicted octanol–water partition coefficient (Wildman–Crippen LogP) is 9.74. The van der Waals surface area contributed by atoms with E-state index < -0.39 is 0 Å². The molecule has 35 heavy (non-hydrogen) atoms. The molecule has 1 N–H and O–H groups in total. The van der Waals surface area contributed by atoms with Gasteiger partial charge in [-0.15, -0.1) is 0 Å². The van der Waals surface area contributed by atoms with Crippen LogP contribution in [0.15, 0.2) is 12.1 Å². The van der Waals surface area contributed by atoms with Crippen LogP contribution in [-0.2, 0) is 21.4 Å². The average molecular weight is 489 g/mol. The van der Waals surface area contributed by atoms with Crippen LogP contribution in [0.2, 0.25) is 0 Å².